The highest BCUT2D eigenvalue weighted by Gasteiger charge is 2.37. The van der Waals surface area contributed by atoms with E-state index in [4.69, 9.17) is 0 Å². The third-order valence-electron chi connectivity index (χ3n) is 5.47. The number of amides is 1. The number of carbonyl (C=O) groups excluding carboxylic acids is 2. The van der Waals surface area contributed by atoms with Crippen molar-refractivity contribution >= 4 is 11.7 Å². The zero-order valence-electron chi connectivity index (χ0n) is 16.4. The van der Waals surface area contributed by atoms with Crippen molar-refractivity contribution in [2.75, 3.05) is 27.2 Å². The molecule has 0 bridgehead atoms. The molecule has 0 spiro atoms. The molecule has 1 saturated heterocycles. The van der Waals surface area contributed by atoms with E-state index >= 15 is 0 Å². The second kappa shape index (κ2) is 8.49. The molecule has 0 radical (unpaired) electrons. The van der Waals surface area contributed by atoms with E-state index in [1.807, 2.05) is 23.1 Å². The number of likely N-dealkylation sites (N-methyl/N-ethyl adjacent to an activating group) is 1. The molecule has 1 amide bonds. The number of ketones is 1. The van der Waals surface area contributed by atoms with Gasteiger partial charge in [-0.05, 0) is 26.6 Å². The largest absolute Gasteiger partial charge is 0.340 e. The molecule has 2 aromatic carbocycles. The lowest BCUT2D eigenvalue weighted by molar-refractivity contribution is -0.130. The van der Waals surface area contributed by atoms with Crippen LogP contribution < -0.4 is 0 Å². The highest BCUT2D eigenvalue weighted by molar-refractivity contribution is 5.97. The fourth-order valence-electron chi connectivity index (χ4n) is 3.80. The van der Waals surface area contributed by atoms with Crippen molar-refractivity contribution < 1.29 is 9.59 Å². The smallest absolute Gasteiger partial charge is 0.223 e. The average Bonchev–Trinajstić information content (AvgIpc) is 3.13. The van der Waals surface area contributed by atoms with Gasteiger partial charge in [-0.2, -0.15) is 0 Å². The Bertz CT molecular complexity index is 784. The Balaban J connectivity index is 1.63. The van der Waals surface area contributed by atoms with Gasteiger partial charge >= 0.3 is 0 Å². The molecule has 142 valence electrons. The fraction of sp³-hybridized carbons (Fsp3) is 0.391. The van der Waals surface area contributed by atoms with Gasteiger partial charge in [0, 0.05) is 43.5 Å². The summed E-state index contributed by atoms with van der Waals surface area (Å²) in [4.78, 5) is 29.1. The van der Waals surface area contributed by atoms with Crippen LogP contribution in [0.5, 0.6) is 0 Å². The average molecular weight is 364 g/mol. The topological polar surface area (TPSA) is 40.6 Å². The third kappa shape index (κ3) is 4.64. The summed E-state index contributed by atoms with van der Waals surface area (Å²) in [5, 5.41) is 0. The number of Topliss-reactive ketones (excluding diaryl/α,β-unsaturated/α-hetero) is 1. The number of benzene rings is 2. The molecular weight excluding hydrogens is 336 g/mol. The van der Waals surface area contributed by atoms with Crippen LogP contribution in [-0.2, 0) is 4.79 Å². The summed E-state index contributed by atoms with van der Waals surface area (Å²) in [7, 11) is 4.14. The normalized spacial score (nSPS) is 19.5. The van der Waals surface area contributed by atoms with Gasteiger partial charge in [0.25, 0.3) is 0 Å². The van der Waals surface area contributed by atoms with E-state index in [1.165, 1.54) is 11.1 Å². The maximum absolute atomic E-state index is 12.7. The van der Waals surface area contributed by atoms with Crippen LogP contribution in [0.25, 0.3) is 0 Å². The van der Waals surface area contributed by atoms with Gasteiger partial charge in [-0.1, -0.05) is 60.2 Å². The lowest BCUT2D eigenvalue weighted by Crippen LogP contribution is -2.35. The highest BCUT2D eigenvalue weighted by Crippen LogP contribution is 2.31. The maximum atomic E-state index is 12.7. The first-order valence-corrected chi connectivity index (χ1v) is 9.54. The van der Waals surface area contributed by atoms with Crippen molar-refractivity contribution in [2.45, 2.75) is 31.7 Å². The molecule has 2 atom stereocenters. The number of nitrogens with zero attached hydrogens (tertiary/aromatic N) is 2. The lowest BCUT2D eigenvalue weighted by Gasteiger charge is -2.25. The number of aryl methyl sites for hydroxylation is 1. The van der Waals surface area contributed by atoms with Crippen molar-refractivity contribution in [2.24, 2.45) is 0 Å². The Kier molecular flexibility index (Phi) is 6.07. The zero-order chi connectivity index (χ0) is 19.4. The molecule has 0 saturated carbocycles. The van der Waals surface area contributed by atoms with E-state index in [1.54, 1.807) is 12.1 Å². The summed E-state index contributed by atoms with van der Waals surface area (Å²) < 4.78 is 0. The van der Waals surface area contributed by atoms with E-state index < -0.39 is 0 Å². The SMILES string of the molecule is Cc1ccc(C2CN(C(=O)CCC(=O)c3ccccc3)CC2N(C)C)cc1. The van der Waals surface area contributed by atoms with Gasteiger partial charge in [0.15, 0.2) is 5.78 Å². The van der Waals surface area contributed by atoms with E-state index in [0.717, 1.165) is 0 Å². The fourth-order valence-corrected chi connectivity index (χ4v) is 3.80. The molecule has 0 aromatic heterocycles. The number of rotatable bonds is 6. The molecule has 1 aliphatic heterocycles. The molecule has 4 nitrogen and oxygen atoms in total. The van der Waals surface area contributed by atoms with Crippen LogP contribution in [0, 0.1) is 6.92 Å². The monoisotopic (exact) mass is 364 g/mol. The Labute approximate surface area is 161 Å². The number of hydrogen-bond acceptors (Lipinski definition) is 3. The molecule has 0 aliphatic carbocycles. The Morgan fingerprint density at radius 2 is 1.63 bits per heavy atom. The first-order chi connectivity index (χ1) is 13.0. The molecule has 4 heteroatoms. The molecule has 2 unspecified atom stereocenters. The van der Waals surface area contributed by atoms with Crippen molar-refractivity contribution in [3.63, 3.8) is 0 Å². The van der Waals surface area contributed by atoms with Crippen LogP contribution in [0.2, 0.25) is 0 Å². The maximum Gasteiger partial charge on any atom is 0.223 e. The number of likely N-dealkylation sites (tertiary alicyclic amines) is 1. The van der Waals surface area contributed by atoms with Gasteiger partial charge < -0.3 is 9.80 Å². The minimum Gasteiger partial charge on any atom is -0.340 e. The van der Waals surface area contributed by atoms with E-state index in [9.17, 15) is 9.59 Å². The highest BCUT2D eigenvalue weighted by atomic mass is 16.2. The van der Waals surface area contributed by atoms with E-state index in [-0.39, 0.29) is 24.5 Å². The number of hydrogen-bond donors (Lipinski definition) is 0. The Morgan fingerprint density at radius 3 is 2.26 bits per heavy atom. The molecule has 0 N–H and O–H groups in total. The summed E-state index contributed by atoms with van der Waals surface area (Å²) in [6, 6.07) is 18.1. The molecule has 2 aromatic rings. The predicted octanol–water partition coefficient (Wildman–Crippen LogP) is 3.51. The Hall–Kier alpha value is -2.46. The second-order valence-electron chi connectivity index (χ2n) is 7.64. The Morgan fingerprint density at radius 1 is 0.963 bits per heavy atom. The van der Waals surface area contributed by atoms with Crippen molar-refractivity contribution in [3.05, 3.63) is 71.3 Å². The molecule has 1 fully saturated rings. The zero-order valence-corrected chi connectivity index (χ0v) is 16.4. The summed E-state index contributed by atoms with van der Waals surface area (Å²) in [5.41, 5.74) is 3.19. The molecule has 27 heavy (non-hydrogen) atoms. The predicted molar refractivity (Wildman–Crippen MR) is 108 cm³/mol. The minimum absolute atomic E-state index is 0.0300. The van der Waals surface area contributed by atoms with Gasteiger partial charge in [-0.3, -0.25) is 9.59 Å². The van der Waals surface area contributed by atoms with Gasteiger partial charge in [0.05, 0.1) is 0 Å². The quantitative estimate of drug-likeness (QED) is 0.737. The second-order valence-corrected chi connectivity index (χ2v) is 7.64. The van der Waals surface area contributed by atoms with Crippen molar-refractivity contribution in [1.82, 2.24) is 9.80 Å². The summed E-state index contributed by atoms with van der Waals surface area (Å²) >= 11 is 0. The van der Waals surface area contributed by atoms with Gasteiger partial charge in [0.1, 0.15) is 0 Å². The van der Waals surface area contributed by atoms with Crippen LogP contribution in [0.15, 0.2) is 54.6 Å². The van der Waals surface area contributed by atoms with Crippen LogP contribution in [0.1, 0.15) is 40.2 Å². The van der Waals surface area contributed by atoms with E-state index in [0.29, 0.717) is 30.6 Å². The molecule has 1 aliphatic rings. The standard InChI is InChI=1S/C23H28N2O2/c1-17-9-11-18(12-10-17)20-15-25(16-21(20)24(2)3)23(27)14-13-22(26)19-7-5-4-6-8-19/h4-12,20-21H,13-16H2,1-3H3. The molecule has 3 rings (SSSR count). The van der Waals surface area contributed by atoms with Crippen LogP contribution in [0.4, 0.5) is 0 Å². The first-order valence-electron chi connectivity index (χ1n) is 9.54. The summed E-state index contributed by atoms with van der Waals surface area (Å²) in [6.07, 6.45) is 0.537. The third-order valence-corrected chi connectivity index (χ3v) is 5.47. The lowest BCUT2D eigenvalue weighted by atomic mass is 9.93. The van der Waals surface area contributed by atoms with Gasteiger partial charge in [0.2, 0.25) is 5.91 Å². The summed E-state index contributed by atoms with van der Waals surface area (Å²) in [6.45, 7) is 3.51. The van der Waals surface area contributed by atoms with Crippen molar-refractivity contribution in [3.8, 4) is 0 Å². The summed E-state index contributed by atoms with van der Waals surface area (Å²) in [5.74, 6) is 0.400. The van der Waals surface area contributed by atoms with Crippen LogP contribution >= 0.6 is 0 Å². The number of carbonyl (C=O) groups is 2. The van der Waals surface area contributed by atoms with Gasteiger partial charge in [-0.25, -0.2) is 0 Å². The van der Waals surface area contributed by atoms with E-state index in [2.05, 4.69) is 50.2 Å². The minimum atomic E-state index is 0.0300. The van der Waals surface area contributed by atoms with Crippen molar-refractivity contribution in [1.29, 1.82) is 0 Å². The van der Waals surface area contributed by atoms with Crippen LogP contribution in [-0.4, -0.2) is 54.7 Å². The first kappa shape index (κ1) is 19.3. The van der Waals surface area contributed by atoms with Gasteiger partial charge in [-0.15, -0.1) is 0 Å². The van der Waals surface area contributed by atoms with Crippen LogP contribution in [0.3, 0.4) is 0 Å². The molecule has 1 heterocycles. The molecular formula is C23H28N2O2.